The predicted molar refractivity (Wildman–Crippen MR) is 78.0 cm³/mol. The maximum absolute atomic E-state index is 11.5. The SMILES string of the molecule is CCOC(=O)Cc1cnc(-c2ccc(OC)cc2)n1C(=O)O. The second kappa shape index (κ2) is 6.75. The zero-order valence-electron chi connectivity index (χ0n) is 12.3. The quantitative estimate of drug-likeness (QED) is 0.851. The minimum atomic E-state index is -1.21. The van der Waals surface area contributed by atoms with Gasteiger partial charge in [-0.15, -0.1) is 0 Å². The van der Waals surface area contributed by atoms with Crippen molar-refractivity contribution < 1.29 is 24.2 Å². The maximum atomic E-state index is 11.5. The zero-order chi connectivity index (χ0) is 16.1. The van der Waals surface area contributed by atoms with Gasteiger partial charge >= 0.3 is 12.1 Å². The number of carbonyl (C=O) groups is 2. The largest absolute Gasteiger partial charge is 0.497 e. The number of nitrogens with zero attached hydrogens (tertiary/aromatic N) is 2. The van der Waals surface area contributed by atoms with Gasteiger partial charge in [0.1, 0.15) is 11.6 Å². The Bertz CT molecular complexity index is 676. The van der Waals surface area contributed by atoms with Gasteiger partial charge in [-0.05, 0) is 31.2 Å². The van der Waals surface area contributed by atoms with E-state index in [1.165, 1.54) is 6.20 Å². The molecule has 0 saturated heterocycles. The Morgan fingerprint density at radius 2 is 1.95 bits per heavy atom. The van der Waals surface area contributed by atoms with Crippen LogP contribution in [0.2, 0.25) is 0 Å². The molecule has 0 radical (unpaired) electrons. The lowest BCUT2D eigenvalue weighted by atomic mass is 10.2. The maximum Gasteiger partial charge on any atom is 0.417 e. The third kappa shape index (κ3) is 3.25. The summed E-state index contributed by atoms with van der Waals surface area (Å²) in [4.78, 5) is 27.1. The highest BCUT2D eigenvalue weighted by Gasteiger charge is 2.19. The van der Waals surface area contributed by atoms with Crippen LogP contribution >= 0.6 is 0 Å². The van der Waals surface area contributed by atoms with Crippen molar-refractivity contribution in [3.63, 3.8) is 0 Å². The molecule has 0 atom stereocenters. The van der Waals surface area contributed by atoms with Crippen molar-refractivity contribution in [1.82, 2.24) is 9.55 Å². The fraction of sp³-hybridized carbons (Fsp3) is 0.267. The highest BCUT2D eigenvalue weighted by Crippen LogP contribution is 2.23. The first-order valence-electron chi connectivity index (χ1n) is 6.66. The molecule has 0 aliphatic rings. The summed E-state index contributed by atoms with van der Waals surface area (Å²) in [7, 11) is 1.55. The van der Waals surface area contributed by atoms with Crippen molar-refractivity contribution in [2.75, 3.05) is 13.7 Å². The van der Waals surface area contributed by atoms with Gasteiger partial charge in [-0.1, -0.05) is 0 Å². The third-order valence-electron chi connectivity index (χ3n) is 3.01. The first-order valence-corrected chi connectivity index (χ1v) is 6.66. The number of hydrogen-bond acceptors (Lipinski definition) is 5. The number of hydrogen-bond donors (Lipinski definition) is 1. The smallest absolute Gasteiger partial charge is 0.417 e. The Balaban J connectivity index is 2.37. The van der Waals surface area contributed by atoms with Crippen LogP contribution in [-0.4, -0.2) is 40.4 Å². The first-order chi connectivity index (χ1) is 10.6. The molecule has 0 unspecified atom stereocenters. The van der Waals surface area contributed by atoms with Crippen LogP contribution in [0.4, 0.5) is 4.79 Å². The van der Waals surface area contributed by atoms with Crippen LogP contribution < -0.4 is 4.74 Å². The molecule has 0 amide bonds. The standard InChI is InChI=1S/C15H16N2O5/c1-3-22-13(18)8-11-9-16-14(17(11)15(19)20)10-4-6-12(21-2)7-5-10/h4-7,9H,3,8H2,1-2H3,(H,19,20). The van der Waals surface area contributed by atoms with E-state index in [0.717, 1.165) is 4.57 Å². The van der Waals surface area contributed by atoms with E-state index in [-0.39, 0.29) is 24.5 Å². The lowest BCUT2D eigenvalue weighted by molar-refractivity contribution is -0.142. The molecule has 7 nitrogen and oxygen atoms in total. The second-order valence-electron chi connectivity index (χ2n) is 4.40. The van der Waals surface area contributed by atoms with Gasteiger partial charge in [0, 0.05) is 5.56 Å². The number of carbonyl (C=O) groups excluding carboxylic acids is 1. The van der Waals surface area contributed by atoms with Crippen LogP contribution in [-0.2, 0) is 16.0 Å². The summed E-state index contributed by atoms with van der Waals surface area (Å²) in [5.74, 6) is 0.407. The molecule has 2 aromatic rings. The van der Waals surface area contributed by atoms with Gasteiger partial charge in [0.25, 0.3) is 0 Å². The fourth-order valence-electron chi connectivity index (χ4n) is 2.03. The van der Waals surface area contributed by atoms with E-state index in [0.29, 0.717) is 11.3 Å². The molecular weight excluding hydrogens is 288 g/mol. The summed E-state index contributed by atoms with van der Waals surface area (Å²) in [5.41, 5.74) is 0.870. The predicted octanol–water partition coefficient (Wildman–Crippen LogP) is 2.19. The van der Waals surface area contributed by atoms with Crippen molar-refractivity contribution >= 4 is 12.1 Å². The third-order valence-corrected chi connectivity index (χ3v) is 3.01. The number of ether oxygens (including phenoxy) is 2. The normalized spacial score (nSPS) is 10.3. The van der Waals surface area contributed by atoms with Crippen LogP contribution in [0.25, 0.3) is 11.4 Å². The molecule has 0 saturated carbocycles. The Hall–Kier alpha value is -2.83. The molecule has 0 fully saturated rings. The lowest BCUT2D eigenvalue weighted by Crippen LogP contribution is -2.17. The van der Waals surface area contributed by atoms with Gasteiger partial charge < -0.3 is 14.6 Å². The molecule has 0 bridgehead atoms. The Morgan fingerprint density at radius 3 is 2.50 bits per heavy atom. The van der Waals surface area contributed by atoms with Gasteiger partial charge in [0.15, 0.2) is 0 Å². The Labute approximate surface area is 127 Å². The van der Waals surface area contributed by atoms with E-state index in [9.17, 15) is 14.7 Å². The summed E-state index contributed by atoms with van der Waals surface area (Å²) >= 11 is 0. The molecule has 1 aromatic carbocycles. The molecule has 22 heavy (non-hydrogen) atoms. The molecule has 0 aliphatic carbocycles. The van der Waals surface area contributed by atoms with Crippen molar-refractivity contribution in [1.29, 1.82) is 0 Å². The van der Waals surface area contributed by atoms with Gasteiger partial charge in [0.05, 0.1) is 32.0 Å². The van der Waals surface area contributed by atoms with E-state index in [4.69, 9.17) is 9.47 Å². The summed E-state index contributed by atoms with van der Waals surface area (Å²) in [5, 5.41) is 9.39. The molecule has 0 spiro atoms. The Kier molecular flexibility index (Phi) is 4.77. The van der Waals surface area contributed by atoms with Crippen LogP contribution in [0.1, 0.15) is 12.6 Å². The lowest BCUT2D eigenvalue weighted by Gasteiger charge is -2.07. The van der Waals surface area contributed by atoms with Crippen LogP contribution in [0.15, 0.2) is 30.5 Å². The number of benzene rings is 1. The average Bonchev–Trinajstić information content (AvgIpc) is 2.91. The van der Waals surface area contributed by atoms with Gasteiger partial charge in [-0.2, -0.15) is 0 Å². The van der Waals surface area contributed by atoms with E-state index in [2.05, 4.69) is 4.98 Å². The molecule has 116 valence electrons. The summed E-state index contributed by atoms with van der Waals surface area (Å²) in [6, 6.07) is 6.83. The van der Waals surface area contributed by atoms with Crippen molar-refractivity contribution in [2.24, 2.45) is 0 Å². The van der Waals surface area contributed by atoms with E-state index < -0.39 is 12.1 Å². The zero-order valence-corrected chi connectivity index (χ0v) is 12.3. The molecule has 1 N–H and O–H groups in total. The Morgan fingerprint density at radius 1 is 1.27 bits per heavy atom. The van der Waals surface area contributed by atoms with Crippen LogP contribution in [0, 0.1) is 0 Å². The molecular formula is C15H16N2O5. The van der Waals surface area contributed by atoms with Crippen LogP contribution in [0.5, 0.6) is 5.75 Å². The number of methoxy groups -OCH3 is 1. The molecule has 2 rings (SSSR count). The average molecular weight is 304 g/mol. The molecule has 0 aliphatic heterocycles. The molecule has 1 aromatic heterocycles. The highest BCUT2D eigenvalue weighted by molar-refractivity contribution is 5.79. The van der Waals surface area contributed by atoms with Crippen molar-refractivity contribution in [2.45, 2.75) is 13.3 Å². The van der Waals surface area contributed by atoms with Gasteiger partial charge in [0.2, 0.25) is 0 Å². The number of carboxylic acid groups (broad SMARTS) is 1. The topological polar surface area (TPSA) is 90.7 Å². The summed E-state index contributed by atoms with van der Waals surface area (Å²) < 4.78 is 10.9. The first kappa shape index (κ1) is 15.6. The van der Waals surface area contributed by atoms with E-state index >= 15 is 0 Å². The number of imidazole rings is 1. The van der Waals surface area contributed by atoms with Gasteiger partial charge in [-0.25, -0.2) is 14.3 Å². The molecule has 7 heteroatoms. The monoisotopic (exact) mass is 304 g/mol. The van der Waals surface area contributed by atoms with Crippen LogP contribution in [0.3, 0.4) is 0 Å². The highest BCUT2D eigenvalue weighted by atomic mass is 16.5. The summed E-state index contributed by atoms with van der Waals surface area (Å²) in [6.45, 7) is 1.93. The van der Waals surface area contributed by atoms with E-state index in [1.807, 2.05) is 0 Å². The van der Waals surface area contributed by atoms with Crippen molar-refractivity contribution in [3.8, 4) is 17.1 Å². The number of aromatic nitrogens is 2. The minimum absolute atomic E-state index is 0.150. The second-order valence-corrected chi connectivity index (χ2v) is 4.40. The van der Waals surface area contributed by atoms with Crippen molar-refractivity contribution in [3.05, 3.63) is 36.2 Å². The van der Waals surface area contributed by atoms with Gasteiger partial charge in [-0.3, -0.25) is 4.79 Å². The molecule has 1 heterocycles. The number of esters is 1. The minimum Gasteiger partial charge on any atom is -0.497 e. The number of rotatable bonds is 5. The fourth-order valence-corrected chi connectivity index (χ4v) is 2.03. The summed E-state index contributed by atoms with van der Waals surface area (Å²) in [6.07, 6.45) is 0.0103. The van der Waals surface area contributed by atoms with E-state index in [1.54, 1.807) is 38.3 Å².